The lowest BCUT2D eigenvalue weighted by molar-refractivity contribution is -0.120. The molecule has 4 nitrogen and oxygen atoms in total. The number of carbonyl (C=O) groups is 2. The van der Waals surface area contributed by atoms with E-state index >= 15 is 0 Å². The first kappa shape index (κ1) is 12.6. The Morgan fingerprint density at radius 2 is 1.88 bits per heavy atom. The van der Waals surface area contributed by atoms with Crippen molar-refractivity contribution in [2.75, 3.05) is 6.54 Å². The molecule has 0 radical (unpaired) electrons. The minimum atomic E-state index is -0.417. The van der Waals surface area contributed by atoms with Gasteiger partial charge in [0.25, 0.3) is 0 Å². The van der Waals surface area contributed by atoms with Gasteiger partial charge in [-0.3, -0.25) is 9.59 Å². The molecular weight excluding hydrogens is 224 g/mol. The molecule has 1 aromatic rings. The number of nitrogens with two attached hydrogens (primary N) is 1. The molecule has 0 spiro atoms. The number of amides is 2. The summed E-state index contributed by atoms with van der Waals surface area (Å²) in [6.07, 6.45) is 0.466. The molecule has 0 aliphatic rings. The Kier molecular flexibility index (Phi) is 4.85. The van der Waals surface area contributed by atoms with Gasteiger partial charge in [-0.15, -0.1) is 12.6 Å². The van der Waals surface area contributed by atoms with Gasteiger partial charge in [0.2, 0.25) is 11.8 Å². The fraction of sp³-hybridized carbons (Fsp3) is 0.273. The van der Waals surface area contributed by atoms with Crippen LogP contribution in [0.2, 0.25) is 0 Å². The molecule has 86 valence electrons. The van der Waals surface area contributed by atoms with Gasteiger partial charge in [0.05, 0.1) is 6.42 Å². The zero-order chi connectivity index (χ0) is 12.0. The summed E-state index contributed by atoms with van der Waals surface area (Å²) in [5.41, 5.74) is 5.86. The third kappa shape index (κ3) is 4.84. The Morgan fingerprint density at radius 1 is 1.25 bits per heavy atom. The Bertz CT molecular complexity index is 376. The zero-order valence-corrected chi connectivity index (χ0v) is 9.67. The van der Waals surface area contributed by atoms with Crippen LogP contribution in [0.15, 0.2) is 29.2 Å². The van der Waals surface area contributed by atoms with Crippen LogP contribution < -0.4 is 11.1 Å². The molecule has 0 saturated carbocycles. The van der Waals surface area contributed by atoms with Gasteiger partial charge >= 0.3 is 0 Å². The highest BCUT2D eigenvalue weighted by atomic mass is 32.1. The van der Waals surface area contributed by atoms with E-state index in [4.69, 9.17) is 5.73 Å². The summed E-state index contributed by atoms with van der Waals surface area (Å²) in [6.45, 7) is 0.290. The van der Waals surface area contributed by atoms with Gasteiger partial charge in [-0.25, -0.2) is 0 Å². The van der Waals surface area contributed by atoms with Gasteiger partial charge < -0.3 is 11.1 Å². The summed E-state index contributed by atoms with van der Waals surface area (Å²) in [4.78, 5) is 22.7. The first-order valence-corrected chi connectivity index (χ1v) is 5.35. The van der Waals surface area contributed by atoms with Crippen molar-refractivity contribution >= 4 is 24.4 Å². The highest BCUT2D eigenvalue weighted by molar-refractivity contribution is 7.80. The molecular formula is C11H14N2O2S. The van der Waals surface area contributed by atoms with Crippen molar-refractivity contribution in [2.24, 2.45) is 5.73 Å². The lowest BCUT2D eigenvalue weighted by Gasteiger charge is -2.04. The third-order valence-corrected chi connectivity index (χ3v) is 2.29. The van der Waals surface area contributed by atoms with Gasteiger partial charge in [0, 0.05) is 17.9 Å². The van der Waals surface area contributed by atoms with E-state index in [0.29, 0.717) is 13.0 Å². The smallest absolute Gasteiger partial charge is 0.224 e. The van der Waals surface area contributed by atoms with E-state index in [1.807, 2.05) is 24.3 Å². The Morgan fingerprint density at radius 3 is 2.44 bits per heavy atom. The lowest BCUT2D eigenvalue weighted by Crippen LogP contribution is -2.29. The number of benzene rings is 1. The van der Waals surface area contributed by atoms with Crippen LogP contribution in [0.5, 0.6) is 0 Å². The normalized spacial score (nSPS) is 9.81. The lowest BCUT2D eigenvalue weighted by atomic mass is 10.1. The first-order chi connectivity index (χ1) is 7.58. The molecule has 0 saturated heterocycles. The summed E-state index contributed by atoms with van der Waals surface area (Å²) in [7, 11) is 0. The third-order valence-electron chi connectivity index (χ3n) is 1.99. The summed E-state index contributed by atoms with van der Waals surface area (Å²) in [5, 5.41) is 2.62. The zero-order valence-electron chi connectivity index (χ0n) is 8.77. The van der Waals surface area contributed by atoms with E-state index in [9.17, 15) is 9.59 Å². The van der Waals surface area contributed by atoms with Gasteiger partial charge in [-0.1, -0.05) is 12.1 Å². The summed E-state index contributed by atoms with van der Waals surface area (Å²) in [5.74, 6) is -0.534. The predicted molar refractivity (Wildman–Crippen MR) is 64.2 cm³/mol. The quantitative estimate of drug-likeness (QED) is 0.654. The molecule has 1 aromatic carbocycles. The van der Waals surface area contributed by atoms with E-state index in [1.165, 1.54) is 0 Å². The molecule has 0 fully saturated rings. The minimum absolute atomic E-state index is 0.117. The minimum Gasteiger partial charge on any atom is -0.370 e. The van der Waals surface area contributed by atoms with Crippen molar-refractivity contribution in [1.82, 2.24) is 5.32 Å². The number of nitrogens with one attached hydrogen (secondary N) is 1. The van der Waals surface area contributed by atoms with Gasteiger partial charge in [0.1, 0.15) is 0 Å². The monoisotopic (exact) mass is 238 g/mol. The highest BCUT2D eigenvalue weighted by Crippen LogP contribution is 2.07. The molecule has 1 rings (SSSR count). The Hall–Kier alpha value is -1.49. The number of rotatable bonds is 5. The number of carbonyl (C=O) groups excluding carboxylic acids is 2. The topological polar surface area (TPSA) is 72.2 Å². The van der Waals surface area contributed by atoms with Crippen molar-refractivity contribution in [1.29, 1.82) is 0 Å². The fourth-order valence-corrected chi connectivity index (χ4v) is 1.34. The predicted octanol–water partition coefficient (Wildman–Crippen LogP) is 0.509. The van der Waals surface area contributed by atoms with E-state index in [-0.39, 0.29) is 12.3 Å². The molecule has 0 atom stereocenters. The first-order valence-electron chi connectivity index (χ1n) is 4.91. The number of hydrogen-bond donors (Lipinski definition) is 3. The largest absolute Gasteiger partial charge is 0.370 e. The molecule has 5 heteroatoms. The van der Waals surface area contributed by atoms with Gasteiger partial charge in [-0.05, 0) is 17.7 Å². The van der Waals surface area contributed by atoms with Crippen molar-refractivity contribution < 1.29 is 9.59 Å². The van der Waals surface area contributed by atoms with Crippen LogP contribution in [0.3, 0.4) is 0 Å². The number of primary amides is 1. The van der Waals surface area contributed by atoms with E-state index in [0.717, 1.165) is 10.5 Å². The van der Waals surface area contributed by atoms with Crippen molar-refractivity contribution in [3.63, 3.8) is 0 Å². The van der Waals surface area contributed by atoms with E-state index < -0.39 is 5.91 Å². The SMILES string of the molecule is NC(=O)CCNC(=O)Cc1ccc(S)cc1. The van der Waals surface area contributed by atoms with Crippen LogP contribution in [0.1, 0.15) is 12.0 Å². The van der Waals surface area contributed by atoms with Gasteiger partial charge in [-0.2, -0.15) is 0 Å². The van der Waals surface area contributed by atoms with Crippen LogP contribution in [0, 0.1) is 0 Å². The van der Waals surface area contributed by atoms with E-state index in [2.05, 4.69) is 17.9 Å². The summed E-state index contributed by atoms with van der Waals surface area (Å²) >= 11 is 4.15. The number of hydrogen-bond acceptors (Lipinski definition) is 3. The van der Waals surface area contributed by atoms with Crippen LogP contribution in [-0.2, 0) is 16.0 Å². The van der Waals surface area contributed by atoms with Crippen LogP contribution in [0.4, 0.5) is 0 Å². The Balaban J connectivity index is 2.34. The van der Waals surface area contributed by atoms with Crippen LogP contribution in [-0.4, -0.2) is 18.4 Å². The maximum atomic E-state index is 11.4. The average Bonchev–Trinajstić information content (AvgIpc) is 2.21. The molecule has 16 heavy (non-hydrogen) atoms. The molecule has 0 heterocycles. The molecule has 3 N–H and O–H groups in total. The fourth-order valence-electron chi connectivity index (χ4n) is 1.19. The highest BCUT2D eigenvalue weighted by Gasteiger charge is 2.03. The average molecular weight is 238 g/mol. The van der Waals surface area contributed by atoms with Crippen molar-refractivity contribution in [3.05, 3.63) is 29.8 Å². The second kappa shape index (κ2) is 6.17. The standard InChI is InChI=1S/C11H14N2O2S/c12-10(14)5-6-13-11(15)7-8-1-3-9(16)4-2-8/h1-4,16H,5-7H2,(H2,12,14)(H,13,15). The summed E-state index contributed by atoms with van der Waals surface area (Å²) < 4.78 is 0. The molecule has 0 aromatic heterocycles. The molecule has 0 bridgehead atoms. The second-order valence-electron chi connectivity index (χ2n) is 3.41. The maximum absolute atomic E-state index is 11.4. The van der Waals surface area contributed by atoms with Gasteiger partial charge in [0.15, 0.2) is 0 Å². The van der Waals surface area contributed by atoms with Crippen molar-refractivity contribution in [3.8, 4) is 0 Å². The molecule has 0 unspecified atom stereocenters. The Labute approximate surface area is 99.6 Å². The number of thiol groups is 1. The molecule has 0 aliphatic carbocycles. The molecule has 2 amide bonds. The van der Waals surface area contributed by atoms with Crippen LogP contribution in [0.25, 0.3) is 0 Å². The van der Waals surface area contributed by atoms with E-state index in [1.54, 1.807) is 0 Å². The van der Waals surface area contributed by atoms with Crippen molar-refractivity contribution in [2.45, 2.75) is 17.7 Å². The summed E-state index contributed by atoms with van der Waals surface area (Å²) in [6, 6.07) is 7.34. The second-order valence-corrected chi connectivity index (χ2v) is 3.93. The maximum Gasteiger partial charge on any atom is 0.224 e. The van der Waals surface area contributed by atoms with Crippen LogP contribution >= 0.6 is 12.6 Å². The molecule has 0 aliphatic heterocycles.